The minimum Gasteiger partial charge on any atom is -0.294 e. The molecule has 0 aromatic heterocycles. The fourth-order valence-corrected chi connectivity index (χ4v) is 9.15. The topological polar surface area (TPSA) is 24.1 Å². The number of hydrogen-bond acceptors (Lipinski definition) is 2. The molecule has 2 saturated carbocycles. The summed E-state index contributed by atoms with van der Waals surface area (Å²) in [6, 6.07) is 22.2. The Balaban J connectivity index is 1.47. The molecule has 2 aliphatic carbocycles. The predicted octanol–water partition coefficient (Wildman–Crippen LogP) is 7.73. The second kappa shape index (κ2) is 12.1. The standard InChI is InChI=1S/C28H41N2P/c1-23(24-14-6-2-7-15-24)30-28(25-16-8-3-9-17-25)29-22-31(26-18-10-4-11-19-26)27-20-12-5-13-21-27/h2-3,6-9,14-17,23,26-30H,4-5,10-13,18-22H2,1H3/t23?,28-/m0/s1. The molecule has 3 heteroatoms. The lowest BCUT2D eigenvalue weighted by molar-refractivity contribution is 0.412. The van der Waals surface area contributed by atoms with Gasteiger partial charge in [-0.1, -0.05) is 107 Å². The van der Waals surface area contributed by atoms with Crippen LogP contribution < -0.4 is 10.6 Å². The Bertz CT molecular complexity index is 720. The summed E-state index contributed by atoms with van der Waals surface area (Å²) in [6.07, 6.45) is 16.1. The van der Waals surface area contributed by atoms with Crippen molar-refractivity contribution < 1.29 is 0 Å². The quantitative estimate of drug-likeness (QED) is 0.310. The van der Waals surface area contributed by atoms with E-state index in [4.69, 9.17) is 0 Å². The third-order valence-electron chi connectivity index (χ3n) is 7.41. The van der Waals surface area contributed by atoms with E-state index in [0.717, 1.165) is 11.3 Å². The van der Waals surface area contributed by atoms with Crippen LogP contribution in [0, 0.1) is 0 Å². The van der Waals surface area contributed by atoms with E-state index in [1.807, 2.05) is 0 Å². The lowest BCUT2D eigenvalue weighted by atomic mass is 9.99. The third-order valence-corrected chi connectivity index (χ3v) is 10.9. The van der Waals surface area contributed by atoms with E-state index in [2.05, 4.69) is 78.2 Å². The first-order valence-electron chi connectivity index (χ1n) is 12.7. The van der Waals surface area contributed by atoms with Gasteiger partial charge in [0.05, 0.1) is 6.17 Å². The van der Waals surface area contributed by atoms with Gasteiger partial charge in [0.2, 0.25) is 0 Å². The second-order valence-corrected chi connectivity index (χ2v) is 12.4. The first kappa shape index (κ1) is 23.0. The van der Waals surface area contributed by atoms with Crippen LogP contribution >= 0.6 is 7.92 Å². The second-order valence-electron chi connectivity index (χ2n) is 9.60. The van der Waals surface area contributed by atoms with Gasteiger partial charge in [0, 0.05) is 12.3 Å². The highest BCUT2D eigenvalue weighted by atomic mass is 31.1. The first-order valence-corrected chi connectivity index (χ1v) is 14.3. The average molecular weight is 437 g/mol. The van der Waals surface area contributed by atoms with Gasteiger partial charge in [-0.25, -0.2) is 0 Å². The van der Waals surface area contributed by atoms with E-state index in [1.165, 1.54) is 81.6 Å². The van der Waals surface area contributed by atoms with E-state index < -0.39 is 0 Å². The molecular weight excluding hydrogens is 395 g/mol. The summed E-state index contributed by atoms with van der Waals surface area (Å²) >= 11 is 0. The van der Waals surface area contributed by atoms with Crippen molar-refractivity contribution in [3.63, 3.8) is 0 Å². The van der Waals surface area contributed by atoms with Gasteiger partial charge in [0.15, 0.2) is 0 Å². The van der Waals surface area contributed by atoms with Crippen LogP contribution in [0.4, 0.5) is 0 Å². The minimum absolute atomic E-state index is 0.0498. The zero-order valence-corrected chi connectivity index (χ0v) is 20.2. The van der Waals surface area contributed by atoms with Crippen molar-refractivity contribution in [3.8, 4) is 0 Å². The van der Waals surface area contributed by atoms with Crippen LogP contribution in [0.15, 0.2) is 60.7 Å². The molecule has 0 aliphatic heterocycles. The van der Waals surface area contributed by atoms with Gasteiger partial charge in [-0.3, -0.25) is 10.6 Å². The number of benzene rings is 2. The summed E-state index contributed by atoms with van der Waals surface area (Å²) in [5, 5.41) is 7.96. The van der Waals surface area contributed by atoms with Crippen LogP contribution in [0.1, 0.15) is 94.5 Å². The Kier molecular flexibility index (Phi) is 9.00. The molecule has 0 radical (unpaired) electrons. The van der Waals surface area contributed by atoms with Crippen molar-refractivity contribution in [2.24, 2.45) is 0 Å². The maximum absolute atomic E-state index is 4.05. The zero-order chi connectivity index (χ0) is 21.3. The maximum Gasteiger partial charge on any atom is 0.0842 e. The van der Waals surface area contributed by atoms with Crippen LogP contribution in [0.2, 0.25) is 0 Å². The highest BCUT2D eigenvalue weighted by molar-refractivity contribution is 7.59. The Hall–Kier alpha value is -1.21. The van der Waals surface area contributed by atoms with Gasteiger partial charge < -0.3 is 0 Å². The Morgan fingerprint density at radius 2 is 1.19 bits per heavy atom. The van der Waals surface area contributed by atoms with Gasteiger partial charge >= 0.3 is 0 Å². The molecule has 2 aromatic rings. The molecule has 0 amide bonds. The van der Waals surface area contributed by atoms with E-state index in [9.17, 15) is 0 Å². The van der Waals surface area contributed by atoms with Crippen LogP contribution in [0.3, 0.4) is 0 Å². The highest BCUT2D eigenvalue weighted by Crippen LogP contribution is 2.55. The first-order chi connectivity index (χ1) is 15.3. The smallest absolute Gasteiger partial charge is 0.0842 e. The van der Waals surface area contributed by atoms with E-state index in [1.54, 1.807) is 0 Å². The summed E-state index contributed by atoms with van der Waals surface area (Å²) < 4.78 is 0. The van der Waals surface area contributed by atoms with E-state index in [-0.39, 0.29) is 14.1 Å². The Labute approximate surface area is 191 Å². The summed E-state index contributed by atoms with van der Waals surface area (Å²) in [4.78, 5) is 0. The van der Waals surface area contributed by atoms with Gasteiger partial charge in [-0.2, -0.15) is 0 Å². The van der Waals surface area contributed by atoms with Gasteiger partial charge in [-0.15, -0.1) is 0 Å². The Morgan fingerprint density at radius 3 is 1.71 bits per heavy atom. The predicted molar refractivity (Wildman–Crippen MR) is 136 cm³/mol. The summed E-state index contributed by atoms with van der Waals surface area (Å²) in [6.45, 7) is 2.29. The van der Waals surface area contributed by atoms with Crippen molar-refractivity contribution in [1.29, 1.82) is 0 Å². The van der Waals surface area contributed by atoms with Crippen molar-refractivity contribution in [2.45, 2.75) is 94.7 Å². The van der Waals surface area contributed by atoms with Gasteiger partial charge in [0.25, 0.3) is 0 Å². The minimum atomic E-state index is 0.0498. The lowest BCUT2D eigenvalue weighted by Crippen LogP contribution is -2.37. The van der Waals surface area contributed by atoms with Crippen LogP contribution in [0.5, 0.6) is 0 Å². The molecule has 0 bridgehead atoms. The normalized spacial score (nSPS) is 20.6. The van der Waals surface area contributed by atoms with Gasteiger partial charge in [0.1, 0.15) is 0 Å². The Morgan fingerprint density at radius 1 is 0.710 bits per heavy atom. The van der Waals surface area contributed by atoms with Crippen LogP contribution in [-0.4, -0.2) is 17.6 Å². The molecule has 4 rings (SSSR count). The van der Waals surface area contributed by atoms with E-state index in [0.29, 0.717) is 6.04 Å². The number of nitrogens with one attached hydrogen (secondary N) is 2. The monoisotopic (exact) mass is 436 g/mol. The average Bonchev–Trinajstić information content (AvgIpc) is 2.86. The van der Waals surface area contributed by atoms with Crippen LogP contribution in [0.25, 0.3) is 0 Å². The third kappa shape index (κ3) is 6.64. The summed E-state index contributed by atoms with van der Waals surface area (Å²) in [5.41, 5.74) is 4.68. The van der Waals surface area contributed by atoms with E-state index >= 15 is 0 Å². The molecule has 0 saturated heterocycles. The zero-order valence-electron chi connectivity index (χ0n) is 19.3. The molecule has 2 aromatic carbocycles. The largest absolute Gasteiger partial charge is 0.294 e. The van der Waals surface area contributed by atoms with Crippen molar-refractivity contribution in [3.05, 3.63) is 71.8 Å². The van der Waals surface area contributed by atoms with Gasteiger partial charge in [-0.05, 0) is 55.1 Å². The fourth-order valence-electron chi connectivity index (χ4n) is 5.58. The molecule has 2 fully saturated rings. The summed E-state index contributed by atoms with van der Waals surface area (Å²) in [5.74, 6) is 0. The molecule has 2 nitrogen and oxygen atoms in total. The van der Waals surface area contributed by atoms with Crippen molar-refractivity contribution in [2.75, 3.05) is 6.29 Å². The molecule has 0 heterocycles. The lowest BCUT2D eigenvalue weighted by Gasteiger charge is -2.39. The molecule has 168 valence electrons. The van der Waals surface area contributed by atoms with Crippen molar-refractivity contribution in [1.82, 2.24) is 10.6 Å². The molecule has 1 unspecified atom stereocenters. The maximum atomic E-state index is 4.05. The highest BCUT2D eigenvalue weighted by Gasteiger charge is 2.31. The molecule has 2 atom stereocenters. The summed E-state index contributed by atoms with van der Waals surface area (Å²) in [7, 11) is 0.0498. The number of rotatable bonds is 9. The number of hydrogen-bond donors (Lipinski definition) is 2. The van der Waals surface area contributed by atoms with Crippen molar-refractivity contribution >= 4 is 7.92 Å². The van der Waals surface area contributed by atoms with Crippen LogP contribution in [-0.2, 0) is 0 Å². The molecule has 0 spiro atoms. The molecule has 31 heavy (non-hydrogen) atoms. The SMILES string of the molecule is CC(N[C@H](NCP(C1CCCCC1)C1CCCCC1)c1ccccc1)c1ccccc1. The molecular formula is C28H41N2P. The fraction of sp³-hybridized carbons (Fsp3) is 0.571. The molecule has 2 N–H and O–H groups in total. The molecule has 2 aliphatic rings.